The van der Waals surface area contributed by atoms with E-state index in [1.807, 2.05) is 37.3 Å². The minimum Gasteiger partial charge on any atom is -0.282 e. The first-order valence-corrected chi connectivity index (χ1v) is 7.54. The Morgan fingerprint density at radius 1 is 1.10 bits per heavy atom. The molecular weight excluding hydrogens is 250 g/mol. The molecule has 0 bridgehead atoms. The topological polar surface area (TPSA) is 37.4 Å². The van der Waals surface area contributed by atoms with Crippen LogP contribution in [0.5, 0.6) is 0 Å². The summed E-state index contributed by atoms with van der Waals surface area (Å²) in [4.78, 5) is 26.2. The molecule has 0 aromatic heterocycles. The third-order valence-corrected chi connectivity index (χ3v) is 3.51. The van der Waals surface area contributed by atoms with Crippen LogP contribution in [-0.2, 0) is 9.59 Å². The summed E-state index contributed by atoms with van der Waals surface area (Å²) >= 11 is 0. The summed E-state index contributed by atoms with van der Waals surface area (Å²) in [5.74, 6) is -0.347. The third kappa shape index (κ3) is 4.19. The average Bonchev–Trinajstić information content (AvgIpc) is 2.49. The SMILES string of the molecule is CCCCN(C(=O)CC)C(=O)C(CC)c1ccccc1. The first-order chi connectivity index (χ1) is 9.65. The van der Waals surface area contributed by atoms with E-state index in [0.29, 0.717) is 19.4 Å². The smallest absolute Gasteiger partial charge is 0.236 e. The van der Waals surface area contributed by atoms with Crippen molar-refractivity contribution in [2.45, 2.75) is 52.4 Å². The van der Waals surface area contributed by atoms with Gasteiger partial charge in [0.1, 0.15) is 0 Å². The molecule has 1 aromatic carbocycles. The van der Waals surface area contributed by atoms with Crippen molar-refractivity contribution in [3.05, 3.63) is 35.9 Å². The molecule has 3 nitrogen and oxygen atoms in total. The van der Waals surface area contributed by atoms with E-state index in [9.17, 15) is 9.59 Å². The summed E-state index contributed by atoms with van der Waals surface area (Å²) in [7, 11) is 0. The molecule has 0 spiro atoms. The van der Waals surface area contributed by atoms with E-state index < -0.39 is 0 Å². The maximum absolute atomic E-state index is 12.7. The highest BCUT2D eigenvalue weighted by molar-refractivity contribution is 5.98. The second-order valence-electron chi connectivity index (χ2n) is 4.96. The molecule has 0 saturated carbocycles. The van der Waals surface area contributed by atoms with Gasteiger partial charge in [0.05, 0.1) is 5.92 Å². The van der Waals surface area contributed by atoms with Gasteiger partial charge in [-0.05, 0) is 18.4 Å². The molecule has 0 heterocycles. The predicted molar refractivity (Wildman–Crippen MR) is 81.4 cm³/mol. The van der Waals surface area contributed by atoms with Gasteiger partial charge in [-0.15, -0.1) is 0 Å². The lowest BCUT2D eigenvalue weighted by Crippen LogP contribution is -2.40. The van der Waals surface area contributed by atoms with Crippen molar-refractivity contribution < 1.29 is 9.59 Å². The summed E-state index contributed by atoms with van der Waals surface area (Å²) in [6.07, 6.45) is 2.93. The molecular formula is C17H25NO2. The molecule has 3 heteroatoms. The number of benzene rings is 1. The number of imide groups is 1. The number of hydrogen-bond acceptors (Lipinski definition) is 2. The fourth-order valence-corrected chi connectivity index (χ4v) is 2.29. The number of carbonyl (C=O) groups excluding carboxylic acids is 2. The van der Waals surface area contributed by atoms with Crippen LogP contribution in [-0.4, -0.2) is 23.3 Å². The minimum absolute atomic E-state index is 0.0565. The first kappa shape index (κ1) is 16.4. The number of unbranched alkanes of at least 4 members (excludes halogenated alkanes) is 1. The van der Waals surface area contributed by atoms with Gasteiger partial charge in [-0.1, -0.05) is 57.5 Å². The van der Waals surface area contributed by atoms with Crippen LogP contribution in [0.2, 0.25) is 0 Å². The fourth-order valence-electron chi connectivity index (χ4n) is 2.29. The van der Waals surface area contributed by atoms with Gasteiger partial charge in [0.2, 0.25) is 11.8 Å². The van der Waals surface area contributed by atoms with Crippen molar-refractivity contribution in [1.82, 2.24) is 4.90 Å². The highest BCUT2D eigenvalue weighted by atomic mass is 16.2. The summed E-state index contributed by atoms with van der Waals surface area (Å²) in [6, 6.07) is 9.72. The van der Waals surface area contributed by atoms with Crippen molar-refractivity contribution in [3.63, 3.8) is 0 Å². The Kier molecular flexibility index (Phi) is 6.99. The number of amides is 2. The lowest BCUT2D eigenvalue weighted by atomic mass is 9.94. The molecule has 0 N–H and O–H groups in total. The number of carbonyl (C=O) groups is 2. The Morgan fingerprint density at radius 3 is 2.25 bits per heavy atom. The summed E-state index contributed by atoms with van der Waals surface area (Å²) in [6.45, 7) is 6.39. The van der Waals surface area contributed by atoms with Crippen LogP contribution in [0.25, 0.3) is 0 Å². The molecule has 0 aliphatic carbocycles. The van der Waals surface area contributed by atoms with Gasteiger partial charge in [0.15, 0.2) is 0 Å². The fraction of sp³-hybridized carbons (Fsp3) is 0.529. The third-order valence-electron chi connectivity index (χ3n) is 3.51. The van der Waals surface area contributed by atoms with E-state index >= 15 is 0 Å². The van der Waals surface area contributed by atoms with Gasteiger partial charge < -0.3 is 0 Å². The van der Waals surface area contributed by atoms with Crippen LogP contribution in [0.3, 0.4) is 0 Å². The van der Waals surface area contributed by atoms with Gasteiger partial charge in [-0.2, -0.15) is 0 Å². The van der Waals surface area contributed by atoms with Crippen LogP contribution in [0.1, 0.15) is 57.9 Å². The van der Waals surface area contributed by atoms with E-state index in [4.69, 9.17) is 0 Å². The molecule has 0 aliphatic heterocycles. The zero-order valence-electron chi connectivity index (χ0n) is 12.8. The molecule has 0 fully saturated rings. The zero-order valence-corrected chi connectivity index (χ0v) is 12.8. The summed E-state index contributed by atoms with van der Waals surface area (Å²) in [5.41, 5.74) is 0.991. The Hall–Kier alpha value is -1.64. The molecule has 2 amide bonds. The van der Waals surface area contributed by atoms with Crippen molar-refractivity contribution in [2.75, 3.05) is 6.54 Å². The predicted octanol–water partition coefficient (Wildman–Crippen LogP) is 3.75. The quantitative estimate of drug-likeness (QED) is 0.760. The highest BCUT2D eigenvalue weighted by Gasteiger charge is 2.27. The molecule has 0 radical (unpaired) electrons. The second kappa shape index (κ2) is 8.51. The van der Waals surface area contributed by atoms with Gasteiger partial charge in [-0.3, -0.25) is 14.5 Å². The number of hydrogen-bond donors (Lipinski definition) is 0. The first-order valence-electron chi connectivity index (χ1n) is 7.54. The molecule has 20 heavy (non-hydrogen) atoms. The van der Waals surface area contributed by atoms with E-state index in [-0.39, 0.29) is 17.7 Å². The van der Waals surface area contributed by atoms with E-state index in [0.717, 1.165) is 18.4 Å². The monoisotopic (exact) mass is 275 g/mol. The Balaban J connectivity index is 2.93. The Bertz CT molecular complexity index is 428. The Morgan fingerprint density at radius 2 is 1.75 bits per heavy atom. The van der Waals surface area contributed by atoms with Crippen LogP contribution in [0, 0.1) is 0 Å². The summed E-state index contributed by atoms with van der Waals surface area (Å²) < 4.78 is 0. The normalized spacial score (nSPS) is 11.9. The van der Waals surface area contributed by atoms with Crippen LogP contribution < -0.4 is 0 Å². The molecule has 0 saturated heterocycles. The largest absolute Gasteiger partial charge is 0.282 e. The highest BCUT2D eigenvalue weighted by Crippen LogP contribution is 2.22. The van der Waals surface area contributed by atoms with E-state index in [2.05, 4.69) is 6.92 Å². The summed E-state index contributed by atoms with van der Waals surface area (Å²) in [5, 5.41) is 0. The van der Waals surface area contributed by atoms with Crippen molar-refractivity contribution in [1.29, 1.82) is 0 Å². The average molecular weight is 275 g/mol. The van der Waals surface area contributed by atoms with Gasteiger partial charge in [0, 0.05) is 13.0 Å². The van der Waals surface area contributed by atoms with Crippen LogP contribution >= 0.6 is 0 Å². The van der Waals surface area contributed by atoms with Crippen LogP contribution in [0.15, 0.2) is 30.3 Å². The van der Waals surface area contributed by atoms with Crippen molar-refractivity contribution in [3.8, 4) is 0 Å². The lowest BCUT2D eigenvalue weighted by Gasteiger charge is -2.25. The number of rotatable bonds is 7. The second-order valence-corrected chi connectivity index (χ2v) is 4.96. The van der Waals surface area contributed by atoms with Crippen molar-refractivity contribution in [2.24, 2.45) is 0 Å². The molecule has 0 aliphatic rings. The van der Waals surface area contributed by atoms with Gasteiger partial charge >= 0.3 is 0 Å². The van der Waals surface area contributed by atoms with Crippen molar-refractivity contribution >= 4 is 11.8 Å². The number of nitrogens with zero attached hydrogens (tertiary/aromatic N) is 1. The van der Waals surface area contributed by atoms with E-state index in [1.165, 1.54) is 4.90 Å². The van der Waals surface area contributed by atoms with Crippen LogP contribution in [0.4, 0.5) is 0 Å². The molecule has 1 aromatic rings. The molecule has 1 rings (SSSR count). The molecule has 1 unspecified atom stereocenters. The standard InChI is InChI=1S/C17H25NO2/c1-4-7-13-18(16(19)6-3)17(20)15(5-2)14-11-9-8-10-12-14/h8-12,15H,4-7,13H2,1-3H3. The zero-order chi connectivity index (χ0) is 15.0. The Labute approximate surface area is 122 Å². The molecule has 110 valence electrons. The van der Waals surface area contributed by atoms with Gasteiger partial charge in [-0.25, -0.2) is 0 Å². The minimum atomic E-state index is -0.219. The van der Waals surface area contributed by atoms with Gasteiger partial charge in [0.25, 0.3) is 0 Å². The lowest BCUT2D eigenvalue weighted by molar-refractivity contribution is -0.145. The van der Waals surface area contributed by atoms with E-state index in [1.54, 1.807) is 6.92 Å². The maximum Gasteiger partial charge on any atom is 0.236 e. The maximum atomic E-state index is 12.7. The molecule has 1 atom stereocenters.